The highest BCUT2D eigenvalue weighted by Crippen LogP contribution is 2.37. The van der Waals surface area contributed by atoms with Gasteiger partial charge in [0, 0.05) is 49.9 Å². The number of benzene rings is 1. The van der Waals surface area contributed by atoms with E-state index in [1.807, 2.05) is 29.0 Å². The van der Waals surface area contributed by atoms with Gasteiger partial charge in [0.05, 0.1) is 5.35 Å². The van der Waals surface area contributed by atoms with E-state index in [2.05, 4.69) is 27.0 Å². The molecular formula is C24H28F2N6S. The van der Waals surface area contributed by atoms with Crippen molar-refractivity contribution in [1.82, 2.24) is 20.2 Å². The SMILES string of the molecule is C=c1ccc(=C2NN=C(SCCCN3CC4CCN(c5c(F)cccc5F)C4C3)N2C)cn1. The Hall–Kier alpha value is -2.65. The molecule has 0 amide bonds. The Kier molecular flexibility index (Phi) is 6.25. The second kappa shape index (κ2) is 9.30. The highest BCUT2D eigenvalue weighted by molar-refractivity contribution is 8.13. The van der Waals surface area contributed by atoms with Crippen LogP contribution < -0.4 is 20.9 Å². The van der Waals surface area contributed by atoms with Crippen LogP contribution in [0.5, 0.6) is 0 Å². The van der Waals surface area contributed by atoms with Gasteiger partial charge < -0.3 is 14.7 Å². The summed E-state index contributed by atoms with van der Waals surface area (Å²) in [5, 5.41) is 7.11. The number of nitrogens with one attached hydrogen (secondary N) is 1. The second-order valence-electron chi connectivity index (χ2n) is 8.79. The molecule has 0 radical (unpaired) electrons. The summed E-state index contributed by atoms with van der Waals surface area (Å²) >= 11 is 1.72. The summed E-state index contributed by atoms with van der Waals surface area (Å²) in [7, 11) is 2.00. The van der Waals surface area contributed by atoms with Gasteiger partial charge in [-0.2, -0.15) is 0 Å². The van der Waals surface area contributed by atoms with E-state index in [0.717, 1.165) is 66.3 Å². The number of fused-ring (bicyclic) bond motifs is 1. The number of anilines is 1. The Morgan fingerprint density at radius 3 is 2.76 bits per heavy atom. The van der Waals surface area contributed by atoms with Gasteiger partial charge in [0.25, 0.3) is 0 Å². The Morgan fingerprint density at radius 2 is 2.00 bits per heavy atom. The van der Waals surface area contributed by atoms with Crippen molar-refractivity contribution < 1.29 is 8.78 Å². The first kappa shape index (κ1) is 22.2. The van der Waals surface area contributed by atoms with Gasteiger partial charge in [-0.25, -0.2) is 8.78 Å². The molecule has 6 nitrogen and oxygen atoms in total. The maximum Gasteiger partial charge on any atom is 0.188 e. The fourth-order valence-electron chi connectivity index (χ4n) is 5.02. The number of hydrogen-bond donors (Lipinski definition) is 1. The molecule has 174 valence electrons. The topological polar surface area (TPSA) is 47.0 Å². The molecule has 1 aromatic heterocycles. The van der Waals surface area contributed by atoms with Gasteiger partial charge >= 0.3 is 0 Å². The van der Waals surface area contributed by atoms with Crippen LogP contribution in [0.2, 0.25) is 0 Å². The van der Waals surface area contributed by atoms with Crippen molar-refractivity contribution in [2.45, 2.75) is 18.9 Å². The fourth-order valence-corrected chi connectivity index (χ4v) is 5.87. The summed E-state index contributed by atoms with van der Waals surface area (Å²) in [6, 6.07) is 8.19. The standard InChI is InChI=1S/C24H28F2N6S/c1-16-7-8-17(13-27-16)23-28-29-24(30(23)2)33-12-4-10-31-14-18-9-11-32(21(18)15-31)22-19(25)5-3-6-20(22)26/h3,5-8,13,18,21,28H,1,4,9-12,14-15H2,2H3. The van der Waals surface area contributed by atoms with Gasteiger partial charge in [0.1, 0.15) is 23.1 Å². The molecule has 2 saturated heterocycles. The van der Waals surface area contributed by atoms with Gasteiger partial charge in [-0.3, -0.25) is 10.4 Å². The van der Waals surface area contributed by atoms with Crippen LogP contribution in [0.15, 0.2) is 41.6 Å². The Balaban J connectivity index is 1.12. The second-order valence-corrected chi connectivity index (χ2v) is 9.86. The number of halogens is 2. The highest BCUT2D eigenvalue weighted by atomic mass is 32.2. The van der Waals surface area contributed by atoms with E-state index in [1.54, 1.807) is 18.0 Å². The zero-order chi connectivity index (χ0) is 22.9. The average Bonchev–Trinajstić information content (AvgIpc) is 3.47. The molecule has 1 N–H and O–H groups in total. The summed E-state index contributed by atoms with van der Waals surface area (Å²) < 4.78 is 28.6. The Labute approximate surface area is 196 Å². The van der Waals surface area contributed by atoms with E-state index >= 15 is 0 Å². The smallest absolute Gasteiger partial charge is 0.188 e. The van der Waals surface area contributed by atoms with Gasteiger partial charge in [0.2, 0.25) is 0 Å². The van der Waals surface area contributed by atoms with Gasteiger partial charge in [0.15, 0.2) is 5.17 Å². The van der Waals surface area contributed by atoms with Crippen molar-refractivity contribution in [3.8, 4) is 0 Å². The van der Waals surface area contributed by atoms with E-state index in [9.17, 15) is 8.78 Å². The number of pyridine rings is 1. The van der Waals surface area contributed by atoms with Crippen LogP contribution in [-0.4, -0.2) is 65.0 Å². The van der Waals surface area contributed by atoms with Gasteiger partial charge in [-0.15, -0.1) is 5.10 Å². The predicted molar refractivity (Wildman–Crippen MR) is 130 cm³/mol. The van der Waals surface area contributed by atoms with E-state index < -0.39 is 11.6 Å². The number of aromatic nitrogens is 1. The third-order valence-corrected chi connectivity index (χ3v) is 7.79. The van der Waals surface area contributed by atoms with Crippen LogP contribution in [0, 0.1) is 17.6 Å². The summed E-state index contributed by atoms with van der Waals surface area (Å²) in [6.45, 7) is 7.38. The molecule has 0 aliphatic carbocycles. The molecule has 3 aliphatic heterocycles. The first-order chi connectivity index (χ1) is 16.0. The molecule has 0 bridgehead atoms. The molecule has 1 aromatic carbocycles. The highest BCUT2D eigenvalue weighted by Gasteiger charge is 2.42. The van der Waals surface area contributed by atoms with Gasteiger partial charge in [-0.05, 0) is 49.6 Å². The lowest BCUT2D eigenvalue weighted by Gasteiger charge is -2.27. The third kappa shape index (κ3) is 4.44. The summed E-state index contributed by atoms with van der Waals surface area (Å²) in [5.41, 5.74) is 3.25. The molecule has 3 aliphatic rings. The van der Waals surface area contributed by atoms with Crippen molar-refractivity contribution in [3.63, 3.8) is 0 Å². The number of rotatable bonds is 5. The van der Waals surface area contributed by atoms with Crippen LogP contribution in [0.1, 0.15) is 12.8 Å². The summed E-state index contributed by atoms with van der Waals surface area (Å²) in [4.78, 5) is 10.7. The van der Waals surface area contributed by atoms with Gasteiger partial charge in [-0.1, -0.05) is 24.4 Å². The molecule has 2 atom stereocenters. The molecule has 5 rings (SSSR count). The molecule has 2 unspecified atom stereocenters. The Morgan fingerprint density at radius 1 is 1.18 bits per heavy atom. The summed E-state index contributed by atoms with van der Waals surface area (Å²) in [6.07, 6.45) is 3.81. The van der Waals surface area contributed by atoms with Crippen LogP contribution in [0.3, 0.4) is 0 Å². The maximum atomic E-state index is 14.3. The van der Waals surface area contributed by atoms with Crippen LogP contribution in [-0.2, 0) is 0 Å². The minimum Gasteiger partial charge on any atom is -0.362 e. The lowest BCUT2D eigenvalue weighted by Crippen LogP contribution is -2.36. The van der Waals surface area contributed by atoms with Crippen molar-refractivity contribution in [2.24, 2.45) is 11.0 Å². The minimum absolute atomic E-state index is 0.143. The quantitative estimate of drug-likeness (QED) is 0.675. The first-order valence-corrected chi connectivity index (χ1v) is 12.3. The van der Waals surface area contributed by atoms with Crippen LogP contribution in [0.25, 0.3) is 12.4 Å². The number of likely N-dealkylation sites (tertiary alicyclic amines) is 1. The number of hydrogen-bond acceptors (Lipinski definition) is 7. The van der Waals surface area contributed by atoms with E-state index in [1.165, 1.54) is 18.2 Å². The van der Waals surface area contributed by atoms with Crippen LogP contribution >= 0.6 is 11.8 Å². The molecule has 0 saturated carbocycles. The molecule has 2 aromatic rings. The first-order valence-electron chi connectivity index (χ1n) is 11.3. The average molecular weight is 471 g/mol. The fraction of sp³-hybridized carbons (Fsp3) is 0.417. The van der Waals surface area contributed by atoms with Crippen molar-refractivity contribution in [2.75, 3.05) is 43.9 Å². The minimum atomic E-state index is -0.463. The van der Waals surface area contributed by atoms with Crippen LogP contribution in [0.4, 0.5) is 14.5 Å². The summed E-state index contributed by atoms with van der Waals surface area (Å²) in [5.74, 6) is 1.41. The number of para-hydroxylation sites is 1. The van der Waals surface area contributed by atoms with E-state index in [-0.39, 0.29) is 11.7 Å². The predicted octanol–water partition coefficient (Wildman–Crippen LogP) is 1.98. The molecule has 4 heterocycles. The number of thioether (sulfide) groups is 1. The van der Waals surface area contributed by atoms with Crippen molar-refractivity contribution in [3.05, 3.63) is 58.7 Å². The molecule has 0 spiro atoms. The molecular weight excluding hydrogens is 442 g/mol. The number of hydrazone groups is 1. The number of nitrogens with zero attached hydrogens (tertiary/aromatic N) is 5. The van der Waals surface area contributed by atoms with Crippen molar-refractivity contribution >= 4 is 35.0 Å². The molecule has 2 fully saturated rings. The molecule has 9 heteroatoms. The zero-order valence-corrected chi connectivity index (χ0v) is 19.5. The zero-order valence-electron chi connectivity index (χ0n) is 18.7. The van der Waals surface area contributed by atoms with E-state index in [0.29, 0.717) is 5.92 Å². The Bertz CT molecular complexity index is 1130. The lowest BCUT2D eigenvalue weighted by molar-refractivity contribution is 0.318. The molecule has 33 heavy (non-hydrogen) atoms. The monoisotopic (exact) mass is 470 g/mol. The largest absolute Gasteiger partial charge is 0.362 e. The van der Waals surface area contributed by atoms with Crippen molar-refractivity contribution in [1.29, 1.82) is 0 Å². The third-order valence-electron chi connectivity index (χ3n) is 6.68. The normalized spacial score (nSPS) is 24.3. The maximum absolute atomic E-state index is 14.3. The number of amidine groups is 1. The van der Waals surface area contributed by atoms with E-state index in [4.69, 9.17) is 0 Å². The lowest BCUT2D eigenvalue weighted by atomic mass is 10.0.